The first-order chi connectivity index (χ1) is 11.4. The molecule has 0 aliphatic heterocycles. The van der Waals surface area contributed by atoms with Gasteiger partial charge >= 0.3 is 0 Å². The van der Waals surface area contributed by atoms with E-state index in [1.807, 2.05) is 12.1 Å². The zero-order chi connectivity index (χ0) is 17.6. The van der Waals surface area contributed by atoms with E-state index in [-0.39, 0.29) is 0 Å². The van der Waals surface area contributed by atoms with E-state index in [0.717, 1.165) is 24.0 Å². The highest BCUT2D eigenvalue weighted by atomic mass is 32.2. The van der Waals surface area contributed by atoms with E-state index < -0.39 is 9.84 Å². The van der Waals surface area contributed by atoms with Crippen molar-refractivity contribution in [3.63, 3.8) is 0 Å². The normalized spacial score (nSPS) is 22.2. The predicted octanol–water partition coefficient (Wildman–Crippen LogP) is 2.72. The Morgan fingerprint density at radius 3 is 2.33 bits per heavy atom. The molecule has 1 aliphatic rings. The van der Waals surface area contributed by atoms with Crippen molar-refractivity contribution in [3.05, 3.63) is 29.8 Å². The van der Waals surface area contributed by atoms with Crippen LogP contribution in [0.3, 0.4) is 0 Å². The van der Waals surface area contributed by atoms with Crippen LogP contribution in [0, 0.1) is 5.92 Å². The summed E-state index contributed by atoms with van der Waals surface area (Å²) in [6.45, 7) is 5.72. The molecule has 0 radical (unpaired) electrons. The molecule has 0 saturated heterocycles. The Morgan fingerprint density at radius 2 is 1.79 bits per heavy atom. The number of guanidine groups is 1. The first-order valence-electron chi connectivity index (χ1n) is 8.72. The highest BCUT2D eigenvalue weighted by Crippen LogP contribution is 2.23. The number of hydrogen-bond donors (Lipinski definition) is 2. The van der Waals surface area contributed by atoms with Gasteiger partial charge < -0.3 is 10.6 Å². The fourth-order valence-corrected chi connectivity index (χ4v) is 3.56. The zero-order valence-corrected chi connectivity index (χ0v) is 15.7. The molecule has 0 spiro atoms. The molecular weight excluding hydrogens is 322 g/mol. The quantitative estimate of drug-likeness (QED) is 0.632. The number of sulfone groups is 1. The lowest BCUT2D eigenvalue weighted by Gasteiger charge is -2.28. The highest BCUT2D eigenvalue weighted by Gasteiger charge is 2.18. The minimum absolute atomic E-state index is 0.344. The van der Waals surface area contributed by atoms with Crippen molar-refractivity contribution in [2.75, 3.05) is 12.8 Å². The standard InChI is InChI=1S/C18H29N3O2S/c1-4-19-18(21-16-9-5-14(2)6-10-16)20-13-15-7-11-17(12-8-15)24(3,22)23/h7-8,11-12,14,16H,4-6,9-10,13H2,1-3H3,(H2,19,20,21). The third-order valence-electron chi connectivity index (χ3n) is 4.47. The summed E-state index contributed by atoms with van der Waals surface area (Å²) in [4.78, 5) is 4.98. The van der Waals surface area contributed by atoms with Crippen LogP contribution in [0.15, 0.2) is 34.2 Å². The third kappa shape index (κ3) is 5.82. The summed E-state index contributed by atoms with van der Waals surface area (Å²) in [5, 5.41) is 6.82. The van der Waals surface area contributed by atoms with Gasteiger partial charge in [0.1, 0.15) is 0 Å². The molecule has 2 N–H and O–H groups in total. The summed E-state index contributed by atoms with van der Waals surface area (Å²) in [5.41, 5.74) is 0.997. The number of benzene rings is 1. The Morgan fingerprint density at radius 1 is 1.17 bits per heavy atom. The molecule has 0 heterocycles. The molecule has 1 aliphatic carbocycles. The second-order valence-corrected chi connectivity index (χ2v) is 8.73. The molecule has 1 aromatic carbocycles. The molecular formula is C18H29N3O2S. The lowest BCUT2D eigenvalue weighted by atomic mass is 9.87. The summed E-state index contributed by atoms with van der Waals surface area (Å²) >= 11 is 0. The van der Waals surface area contributed by atoms with Gasteiger partial charge in [0.2, 0.25) is 0 Å². The van der Waals surface area contributed by atoms with E-state index in [2.05, 4.69) is 29.5 Å². The van der Waals surface area contributed by atoms with E-state index in [9.17, 15) is 8.42 Å². The van der Waals surface area contributed by atoms with Crippen LogP contribution in [0.25, 0.3) is 0 Å². The minimum Gasteiger partial charge on any atom is -0.357 e. The monoisotopic (exact) mass is 351 g/mol. The number of hydrogen-bond acceptors (Lipinski definition) is 3. The van der Waals surface area contributed by atoms with Gasteiger partial charge in [-0.3, -0.25) is 0 Å². The number of rotatable bonds is 5. The molecule has 24 heavy (non-hydrogen) atoms. The fraction of sp³-hybridized carbons (Fsp3) is 0.611. The lowest BCUT2D eigenvalue weighted by molar-refractivity contribution is 0.329. The van der Waals surface area contributed by atoms with Crippen molar-refractivity contribution in [2.24, 2.45) is 10.9 Å². The average Bonchev–Trinajstić information content (AvgIpc) is 2.54. The summed E-state index contributed by atoms with van der Waals surface area (Å²) < 4.78 is 23.0. The smallest absolute Gasteiger partial charge is 0.191 e. The number of nitrogens with zero attached hydrogens (tertiary/aromatic N) is 1. The molecule has 1 aromatic rings. The SMILES string of the molecule is CCNC(=NCc1ccc(S(C)(=O)=O)cc1)NC1CCC(C)CC1. The molecule has 1 fully saturated rings. The molecule has 0 amide bonds. The van der Waals surface area contributed by atoms with Crippen LogP contribution in [0.5, 0.6) is 0 Å². The molecule has 0 atom stereocenters. The zero-order valence-electron chi connectivity index (χ0n) is 14.9. The molecule has 0 bridgehead atoms. The Balaban J connectivity index is 1.97. The van der Waals surface area contributed by atoms with Gasteiger partial charge in [-0.25, -0.2) is 13.4 Å². The van der Waals surface area contributed by atoms with Crippen LogP contribution < -0.4 is 10.6 Å². The number of aliphatic imine (C=N–C) groups is 1. The highest BCUT2D eigenvalue weighted by molar-refractivity contribution is 7.90. The van der Waals surface area contributed by atoms with Gasteiger partial charge in [-0.1, -0.05) is 19.1 Å². The van der Waals surface area contributed by atoms with Gasteiger partial charge in [0, 0.05) is 18.8 Å². The van der Waals surface area contributed by atoms with Crippen molar-refractivity contribution in [2.45, 2.75) is 57.0 Å². The summed E-state index contributed by atoms with van der Waals surface area (Å²) in [5.74, 6) is 1.67. The van der Waals surface area contributed by atoms with E-state index in [1.165, 1.54) is 31.9 Å². The van der Waals surface area contributed by atoms with Crippen LogP contribution >= 0.6 is 0 Å². The van der Waals surface area contributed by atoms with Crippen molar-refractivity contribution in [3.8, 4) is 0 Å². The predicted molar refractivity (Wildman–Crippen MR) is 98.9 cm³/mol. The maximum absolute atomic E-state index is 11.5. The molecule has 0 unspecified atom stereocenters. The fourth-order valence-electron chi connectivity index (χ4n) is 2.93. The molecule has 0 aromatic heterocycles. The molecule has 6 heteroatoms. The van der Waals surface area contributed by atoms with Crippen molar-refractivity contribution in [1.82, 2.24) is 10.6 Å². The van der Waals surface area contributed by atoms with Crippen LogP contribution in [0.2, 0.25) is 0 Å². The van der Waals surface area contributed by atoms with Crippen molar-refractivity contribution < 1.29 is 8.42 Å². The van der Waals surface area contributed by atoms with E-state index in [0.29, 0.717) is 17.5 Å². The largest absolute Gasteiger partial charge is 0.357 e. The summed E-state index contributed by atoms with van der Waals surface area (Å²) in [7, 11) is -3.14. The van der Waals surface area contributed by atoms with Gasteiger partial charge in [0.25, 0.3) is 0 Å². The molecule has 5 nitrogen and oxygen atoms in total. The second kappa shape index (κ2) is 8.51. The summed E-state index contributed by atoms with van der Waals surface area (Å²) in [6, 6.07) is 7.43. The average molecular weight is 352 g/mol. The minimum atomic E-state index is -3.14. The Labute approximate surface area is 145 Å². The van der Waals surface area contributed by atoms with Crippen LogP contribution in [-0.4, -0.2) is 33.2 Å². The van der Waals surface area contributed by atoms with E-state index >= 15 is 0 Å². The van der Waals surface area contributed by atoms with Gasteiger partial charge in [-0.05, 0) is 56.2 Å². The first kappa shape index (κ1) is 18.8. The lowest BCUT2D eigenvalue weighted by Crippen LogP contribution is -2.44. The molecule has 134 valence electrons. The van der Waals surface area contributed by atoms with Crippen LogP contribution in [0.4, 0.5) is 0 Å². The van der Waals surface area contributed by atoms with E-state index in [1.54, 1.807) is 12.1 Å². The van der Waals surface area contributed by atoms with Crippen molar-refractivity contribution >= 4 is 15.8 Å². The van der Waals surface area contributed by atoms with E-state index in [4.69, 9.17) is 0 Å². The van der Waals surface area contributed by atoms with Crippen LogP contribution in [-0.2, 0) is 16.4 Å². The second-order valence-electron chi connectivity index (χ2n) is 6.71. The maximum atomic E-state index is 11.5. The van der Waals surface area contributed by atoms with Gasteiger partial charge in [-0.2, -0.15) is 0 Å². The molecule has 2 rings (SSSR count). The Kier molecular flexibility index (Phi) is 6.66. The van der Waals surface area contributed by atoms with Gasteiger partial charge in [0.15, 0.2) is 15.8 Å². The van der Waals surface area contributed by atoms with Crippen LogP contribution in [0.1, 0.15) is 45.1 Å². The third-order valence-corrected chi connectivity index (χ3v) is 5.60. The maximum Gasteiger partial charge on any atom is 0.191 e. The Bertz CT molecular complexity index is 645. The van der Waals surface area contributed by atoms with Crippen molar-refractivity contribution in [1.29, 1.82) is 0 Å². The topological polar surface area (TPSA) is 70.6 Å². The Hall–Kier alpha value is -1.56. The first-order valence-corrected chi connectivity index (χ1v) is 10.6. The van der Waals surface area contributed by atoms with Gasteiger partial charge in [-0.15, -0.1) is 0 Å². The number of nitrogens with one attached hydrogen (secondary N) is 2. The van der Waals surface area contributed by atoms with Gasteiger partial charge in [0.05, 0.1) is 11.4 Å². The summed E-state index contributed by atoms with van der Waals surface area (Å²) in [6.07, 6.45) is 6.13. The molecule has 1 saturated carbocycles.